The number of esters is 1. The highest BCUT2D eigenvalue weighted by Gasteiger charge is 2.72. The van der Waals surface area contributed by atoms with Crippen molar-refractivity contribution >= 4 is 23.5 Å². The van der Waals surface area contributed by atoms with E-state index in [9.17, 15) is 14.4 Å². The lowest BCUT2D eigenvalue weighted by atomic mass is 9.72. The van der Waals surface area contributed by atoms with Crippen LogP contribution < -0.4 is 4.90 Å². The van der Waals surface area contributed by atoms with Gasteiger partial charge in [-0.3, -0.25) is 19.3 Å². The smallest absolute Gasteiger partial charge is 0.327 e. The molecule has 3 fully saturated rings. The predicted molar refractivity (Wildman–Crippen MR) is 110 cm³/mol. The highest BCUT2D eigenvalue weighted by molar-refractivity contribution is 6.24. The number of imide groups is 1. The lowest BCUT2D eigenvalue weighted by Gasteiger charge is -2.49. The van der Waals surface area contributed by atoms with Crippen LogP contribution in [0, 0.1) is 17.8 Å². The number of morpholine rings is 1. The van der Waals surface area contributed by atoms with E-state index >= 15 is 0 Å². The molecule has 3 aliphatic rings. The number of anilines is 1. The van der Waals surface area contributed by atoms with E-state index in [2.05, 4.69) is 4.90 Å². The number of para-hydroxylation sites is 1. The monoisotopic (exact) mass is 404 g/mol. The van der Waals surface area contributed by atoms with Gasteiger partial charge < -0.3 is 4.74 Å². The minimum Gasteiger partial charge on any atom is -0.462 e. The molecule has 0 bridgehead atoms. The maximum absolute atomic E-state index is 13.6. The van der Waals surface area contributed by atoms with Gasteiger partial charge in [-0.1, -0.05) is 62.4 Å². The molecule has 6 nitrogen and oxygen atoms in total. The van der Waals surface area contributed by atoms with Crippen molar-refractivity contribution in [3.05, 3.63) is 66.2 Å². The Morgan fingerprint density at radius 1 is 0.933 bits per heavy atom. The molecule has 4 atom stereocenters. The summed E-state index contributed by atoms with van der Waals surface area (Å²) >= 11 is 0. The highest BCUT2D eigenvalue weighted by atomic mass is 16.5. The number of ether oxygens (including phenoxy) is 1. The summed E-state index contributed by atoms with van der Waals surface area (Å²) in [4.78, 5) is 43.6. The number of fused-ring (bicyclic) bond motifs is 3. The lowest BCUT2D eigenvalue weighted by Crippen LogP contribution is -2.65. The van der Waals surface area contributed by atoms with Gasteiger partial charge in [-0.25, -0.2) is 4.90 Å². The van der Waals surface area contributed by atoms with Crippen LogP contribution in [0.5, 0.6) is 0 Å². The van der Waals surface area contributed by atoms with Gasteiger partial charge in [0.1, 0.15) is 12.1 Å². The fourth-order valence-electron chi connectivity index (χ4n) is 5.65. The molecule has 0 aliphatic carbocycles. The Bertz CT molecular complexity index is 1010. The van der Waals surface area contributed by atoms with E-state index in [1.165, 1.54) is 4.90 Å². The summed E-state index contributed by atoms with van der Waals surface area (Å²) in [6.07, 6.45) is 0. The van der Waals surface area contributed by atoms with Crippen LogP contribution in [-0.4, -0.2) is 41.4 Å². The third-order valence-electron chi connectivity index (χ3n) is 6.92. The standard InChI is InChI=1S/C24H24N2O4/c1-15(2)24-20-18(21(27)26(22(20)28)17-11-7-4-8-12-17)13-25(24)19(14-30-23(24)29)16-9-5-3-6-10-16/h3-12,15,18-20H,13-14H2,1-2H3/t18-,19-,20+,24+/m0/s1. The van der Waals surface area contributed by atoms with E-state index in [1.54, 1.807) is 24.3 Å². The first kappa shape index (κ1) is 19.0. The predicted octanol–water partition coefficient (Wildman–Crippen LogP) is 2.80. The van der Waals surface area contributed by atoms with Crippen molar-refractivity contribution in [2.24, 2.45) is 17.8 Å². The number of cyclic esters (lactones) is 1. The first-order chi connectivity index (χ1) is 14.5. The normalized spacial score (nSPS) is 31.1. The molecule has 0 spiro atoms. The van der Waals surface area contributed by atoms with Crippen LogP contribution in [0.4, 0.5) is 5.69 Å². The topological polar surface area (TPSA) is 66.9 Å². The Labute approximate surface area is 175 Å². The molecule has 5 rings (SSSR count). The minimum absolute atomic E-state index is 0.178. The van der Waals surface area contributed by atoms with Crippen molar-refractivity contribution in [3.63, 3.8) is 0 Å². The summed E-state index contributed by atoms with van der Waals surface area (Å²) in [5, 5.41) is 0. The van der Waals surface area contributed by atoms with Gasteiger partial charge in [0.25, 0.3) is 0 Å². The fraction of sp³-hybridized carbons (Fsp3) is 0.375. The van der Waals surface area contributed by atoms with Crippen LogP contribution >= 0.6 is 0 Å². The second-order valence-corrected chi connectivity index (χ2v) is 8.59. The summed E-state index contributed by atoms with van der Waals surface area (Å²) in [6.45, 7) is 4.47. The molecule has 3 heterocycles. The second kappa shape index (κ2) is 6.77. The molecule has 3 saturated heterocycles. The summed E-state index contributed by atoms with van der Waals surface area (Å²) < 4.78 is 5.69. The molecule has 0 aromatic heterocycles. The average molecular weight is 404 g/mol. The van der Waals surface area contributed by atoms with E-state index < -0.39 is 23.3 Å². The summed E-state index contributed by atoms with van der Waals surface area (Å²) in [6, 6.07) is 18.6. The van der Waals surface area contributed by atoms with Gasteiger partial charge in [-0.05, 0) is 23.6 Å². The number of benzene rings is 2. The fourth-order valence-corrected chi connectivity index (χ4v) is 5.65. The van der Waals surface area contributed by atoms with Gasteiger partial charge in [0, 0.05) is 6.54 Å². The van der Waals surface area contributed by atoms with E-state index in [4.69, 9.17) is 4.74 Å². The molecule has 0 N–H and O–H groups in total. The van der Waals surface area contributed by atoms with Crippen molar-refractivity contribution < 1.29 is 19.1 Å². The molecule has 6 heteroatoms. The van der Waals surface area contributed by atoms with Crippen LogP contribution in [0.2, 0.25) is 0 Å². The molecule has 2 aromatic carbocycles. The average Bonchev–Trinajstić information content (AvgIpc) is 3.24. The Kier molecular flexibility index (Phi) is 4.29. The molecule has 2 aromatic rings. The molecule has 0 unspecified atom stereocenters. The molecule has 0 saturated carbocycles. The van der Waals surface area contributed by atoms with E-state index in [0.29, 0.717) is 12.2 Å². The summed E-state index contributed by atoms with van der Waals surface area (Å²) in [5.74, 6) is -2.43. The first-order valence-electron chi connectivity index (χ1n) is 10.4. The highest BCUT2D eigenvalue weighted by Crippen LogP contribution is 2.54. The zero-order valence-corrected chi connectivity index (χ0v) is 17.0. The molecule has 30 heavy (non-hydrogen) atoms. The quantitative estimate of drug-likeness (QED) is 0.581. The largest absolute Gasteiger partial charge is 0.462 e. The van der Waals surface area contributed by atoms with Crippen molar-refractivity contribution in [3.8, 4) is 0 Å². The lowest BCUT2D eigenvalue weighted by molar-refractivity contribution is -0.182. The number of hydrogen-bond acceptors (Lipinski definition) is 5. The number of carbonyl (C=O) groups is 3. The van der Waals surface area contributed by atoms with Gasteiger partial charge in [-0.15, -0.1) is 0 Å². The first-order valence-corrected chi connectivity index (χ1v) is 10.4. The Hall–Kier alpha value is -2.99. The van der Waals surface area contributed by atoms with Gasteiger partial charge in [0.05, 0.1) is 23.6 Å². The van der Waals surface area contributed by atoms with Crippen LogP contribution in [0.25, 0.3) is 0 Å². The molecule has 0 radical (unpaired) electrons. The zero-order chi connectivity index (χ0) is 21.0. The molecule has 2 amide bonds. The Balaban J connectivity index is 1.62. The second-order valence-electron chi connectivity index (χ2n) is 8.59. The SMILES string of the molecule is CC(C)[C@@]12C(=O)OC[C@@H](c3ccccc3)N1C[C@@H]1C(=O)N(c3ccccc3)C(=O)[C@@H]12. The van der Waals surface area contributed by atoms with E-state index in [0.717, 1.165) is 5.56 Å². The van der Waals surface area contributed by atoms with E-state index in [-0.39, 0.29) is 30.4 Å². The third-order valence-corrected chi connectivity index (χ3v) is 6.92. The van der Waals surface area contributed by atoms with Crippen molar-refractivity contribution in [1.82, 2.24) is 4.90 Å². The van der Waals surface area contributed by atoms with Crippen LogP contribution in [0.15, 0.2) is 60.7 Å². The van der Waals surface area contributed by atoms with Crippen LogP contribution in [-0.2, 0) is 19.1 Å². The number of hydrogen-bond donors (Lipinski definition) is 0. The van der Waals surface area contributed by atoms with Crippen molar-refractivity contribution in [1.29, 1.82) is 0 Å². The van der Waals surface area contributed by atoms with Gasteiger partial charge in [0.2, 0.25) is 11.8 Å². The molecular weight excluding hydrogens is 380 g/mol. The summed E-state index contributed by atoms with van der Waals surface area (Å²) in [5.41, 5.74) is 0.422. The minimum atomic E-state index is -1.15. The van der Waals surface area contributed by atoms with Gasteiger partial charge in [0.15, 0.2) is 0 Å². The molecule has 3 aliphatic heterocycles. The van der Waals surface area contributed by atoms with Crippen molar-refractivity contribution in [2.75, 3.05) is 18.1 Å². The Morgan fingerprint density at radius 2 is 1.57 bits per heavy atom. The summed E-state index contributed by atoms with van der Waals surface area (Å²) in [7, 11) is 0. The number of nitrogens with zero attached hydrogens (tertiary/aromatic N) is 2. The number of amides is 2. The van der Waals surface area contributed by atoms with Gasteiger partial charge in [-0.2, -0.15) is 0 Å². The number of carbonyl (C=O) groups excluding carboxylic acids is 3. The maximum Gasteiger partial charge on any atom is 0.327 e. The van der Waals surface area contributed by atoms with Gasteiger partial charge >= 0.3 is 5.97 Å². The zero-order valence-electron chi connectivity index (χ0n) is 17.0. The molecular formula is C24H24N2O4. The van der Waals surface area contributed by atoms with Crippen molar-refractivity contribution in [2.45, 2.75) is 25.4 Å². The van der Waals surface area contributed by atoms with E-state index in [1.807, 2.05) is 50.2 Å². The molecule has 154 valence electrons. The van der Waals surface area contributed by atoms with Crippen LogP contribution in [0.3, 0.4) is 0 Å². The van der Waals surface area contributed by atoms with Crippen LogP contribution in [0.1, 0.15) is 25.5 Å². The maximum atomic E-state index is 13.6. The third kappa shape index (κ3) is 2.37. The number of rotatable bonds is 3. The Morgan fingerprint density at radius 3 is 2.20 bits per heavy atom.